The Labute approximate surface area is 67.7 Å². The fraction of sp³-hybridized carbons (Fsp3) is 0.286. The SMILES string of the molecule is COC1=CC=C(Br)C(=O)C1. The third-order valence-electron chi connectivity index (χ3n) is 1.28. The van der Waals surface area contributed by atoms with Crippen LogP contribution < -0.4 is 0 Å². The second-order valence-electron chi connectivity index (χ2n) is 1.95. The molecule has 54 valence electrons. The molecule has 3 heteroatoms. The van der Waals surface area contributed by atoms with Crippen molar-refractivity contribution in [2.24, 2.45) is 0 Å². The van der Waals surface area contributed by atoms with Gasteiger partial charge in [-0.1, -0.05) is 0 Å². The maximum absolute atomic E-state index is 10.9. The van der Waals surface area contributed by atoms with Gasteiger partial charge in [0.05, 0.1) is 18.0 Å². The summed E-state index contributed by atoms with van der Waals surface area (Å²) in [6, 6.07) is 0. The first kappa shape index (κ1) is 7.54. The van der Waals surface area contributed by atoms with E-state index in [-0.39, 0.29) is 5.78 Å². The molecule has 0 radical (unpaired) electrons. The fourth-order valence-electron chi connectivity index (χ4n) is 0.701. The van der Waals surface area contributed by atoms with E-state index in [1.54, 1.807) is 19.3 Å². The lowest BCUT2D eigenvalue weighted by Gasteiger charge is -2.07. The standard InChI is InChI=1S/C7H7BrO2/c1-10-5-2-3-6(8)7(9)4-5/h2-3H,4H2,1H3. The molecule has 1 aliphatic carbocycles. The van der Waals surface area contributed by atoms with Crippen LogP contribution in [0.1, 0.15) is 6.42 Å². The minimum Gasteiger partial charge on any atom is -0.501 e. The first-order valence-electron chi connectivity index (χ1n) is 2.87. The maximum Gasteiger partial charge on any atom is 0.177 e. The zero-order valence-corrected chi connectivity index (χ0v) is 7.14. The van der Waals surface area contributed by atoms with Crippen LogP contribution in [0.2, 0.25) is 0 Å². The summed E-state index contributed by atoms with van der Waals surface area (Å²) < 4.78 is 5.50. The van der Waals surface area contributed by atoms with Crippen molar-refractivity contribution >= 4 is 21.7 Å². The fourth-order valence-corrected chi connectivity index (χ4v) is 0.973. The highest BCUT2D eigenvalue weighted by Gasteiger charge is 2.12. The van der Waals surface area contributed by atoms with E-state index in [0.29, 0.717) is 16.7 Å². The number of rotatable bonds is 1. The lowest BCUT2D eigenvalue weighted by molar-refractivity contribution is -0.114. The van der Waals surface area contributed by atoms with Gasteiger partial charge in [0, 0.05) is 0 Å². The summed E-state index contributed by atoms with van der Waals surface area (Å²) >= 11 is 3.12. The maximum atomic E-state index is 10.9. The minimum absolute atomic E-state index is 0.0688. The smallest absolute Gasteiger partial charge is 0.177 e. The molecule has 0 fully saturated rings. The molecule has 0 saturated heterocycles. The van der Waals surface area contributed by atoms with E-state index in [1.807, 2.05) is 0 Å². The van der Waals surface area contributed by atoms with E-state index in [9.17, 15) is 4.79 Å². The first-order valence-corrected chi connectivity index (χ1v) is 3.67. The number of ketones is 1. The lowest BCUT2D eigenvalue weighted by atomic mass is 10.1. The third kappa shape index (κ3) is 1.48. The Kier molecular flexibility index (Phi) is 2.27. The summed E-state index contributed by atoms with van der Waals surface area (Å²) in [6.45, 7) is 0. The van der Waals surface area contributed by atoms with Crippen molar-refractivity contribution in [3.8, 4) is 0 Å². The molecule has 2 nitrogen and oxygen atoms in total. The van der Waals surface area contributed by atoms with Crippen LogP contribution >= 0.6 is 15.9 Å². The van der Waals surface area contributed by atoms with Gasteiger partial charge in [-0.05, 0) is 28.1 Å². The number of carbonyl (C=O) groups is 1. The van der Waals surface area contributed by atoms with Gasteiger partial charge in [-0.2, -0.15) is 0 Å². The molecule has 0 N–H and O–H groups in total. The summed E-state index contributed by atoms with van der Waals surface area (Å²) in [4.78, 5) is 10.9. The first-order chi connectivity index (χ1) is 4.74. The van der Waals surface area contributed by atoms with E-state index in [4.69, 9.17) is 4.74 Å². The van der Waals surface area contributed by atoms with Gasteiger partial charge < -0.3 is 4.74 Å². The molecular weight excluding hydrogens is 196 g/mol. The highest BCUT2D eigenvalue weighted by atomic mass is 79.9. The van der Waals surface area contributed by atoms with Crippen LogP contribution in [-0.2, 0) is 9.53 Å². The van der Waals surface area contributed by atoms with Crippen LogP contribution in [0.5, 0.6) is 0 Å². The van der Waals surface area contributed by atoms with Gasteiger partial charge in [0.1, 0.15) is 5.76 Å². The predicted octanol–water partition coefficient (Wildman–Crippen LogP) is 1.77. The number of hydrogen-bond acceptors (Lipinski definition) is 2. The van der Waals surface area contributed by atoms with Crippen molar-refractivity contribution in [2.45, 2.75) is 6.42 Å². The molecule has 0 spiro atoms. The van der Waals surface area contributed by atoms with Crippen LogP contribution in [0.25, 0.3) is 0 Å². The van der Waals surface area contributed by atoms with E-state index in [1.165, 1.54) is 0 Å². The molecular formula is C7H7BrO2. The second-order valence-corrected chi connectivity index (χ2v) is 2.81. The van der Waals surface area contributed by atoms with Gasteiger partial charge in [-0.15, -0.1) is 0 Å². The molecule has 1 aliphatic rings. The minimum atomic E-state index is 0.0688. The largest absolute Gasteiger partial charge is 0.501 e. The molecule has 0 aromatic heterocycles. The predicted molar refractivity (Wildman–Crippen MR) is 41.7 cm³/mol. The summed E-state index contributed by atoms with van der Waals surface area (Å²) in [5.74, 6) is 0.785. The number of allylic oxidation sites excluding steroid dienone is 4. The van der Waals surface area contributed by atoms with E-state index < -0.39 is 0 Å². The molecule has 10 heavy (non-hydrogen) atoms. The number of halogens is 1. The van der Waals surface area contributed by atoms with Crippen LogP contribution in [0, 0.1) is 0 Å². The Morgan fingerprint density at radius 1 is 1.60 bits per heavy atom. The van der Waals surface area contributed by atoms with Crippen LogP contribution in [0.3, 0.4) is 0 Å². The zero-order valence-electron chi connectivity index (χ0n) is 5.56. The van der Waals surface area contributed by atoms with E-state index in [0.717, 1.165) is 0 Å². The summed E-state index contributed by atoms with van der Waals surface area (Å²) in [5, 5.41) is 0. The summed E-state index contributed by atoms with van der Waals surface area (Å²) in [5.41, 5.74) is 0. The Bertz CT molecular complexity index is 216. The molecule has 0 atom stereocenters. The molecule has 0 aromatic rings. The van der Waals surface area contributed by atoms with Crippen molar-refractivity contribution in [3.63, 3.8) is 0 Å². The molecule has 0 bridgehead atoms. The molecule has 1 rings (SSSR count). The molecule has 0 aromatic carbocycles. The second kappa shape index (κ2) is 3.01. The van der Waals surface area contributed by atoms with Crippen molar-refractivity contribution in [1.29, 1.82) is 0 Å². The molecule has 0 saturated carbocycles. The van der Waals surface area contributed by atoms with Gasteiger partial charge in [0.2, 0.25) is 0 Å². The van der Waals surface area contributed by atoms with Gasteiger partial charge in [0.15, 0.2) is 5.78 Å². The van der Waals surface area contributed by atoms with Crippen molar-refractivity contribution in [2.75, 3.05) is 7.11 Å². The van der Waals surface area contributed by atoms with Crippen molar-refractivity contribution < 1.29 is 9.53 Å². The van der Waals surface area contributed by atoms with Crippen molar-refractivity contribution in [3.05, 3.63) is 22.4 Å². The number of hydrogen-bond donors (Lipinski definition) is 0. The number of ether oxygens (including phenoxy) is 1. The Morgan fingerprint density at radius 3 is 2.80 bits per heavy atom. The lowest BCUT2D eigenvalue weighted by Crippen LogP contribution is -2.04. The summed E-state index contributed by atoms with van der Waals surface area (Å²) in [7, 11) is 1.56. The van der Waals surface area contributed by atoms with E-state index in [2.05, 4.69) is 15.9 Å². The van der Waals surface area contributed by atoms with Gasteiger partial charge in [-0.3, -0.25) is 4.79 Å². The Morgan fingerprint density at radius 2 is 2.30 bits per heavy atom. The highest BCUT2D eigenvalue weighted by Crippen LogP contribution is 2.18. The zero-order chi connectivity index (χ0) is 7.56. The van der Waals surface area contributed by atoms with Crippen molar-refractivity contribution in [1.82, 2.24) is 0 Å². The highest BCUT2D eigenvalue weighted by molar-refractivity contribution is 9.12. The average molecular weight is 203 g/mol. The van der Waals surface area contributed by atoms with Crippen LogP contribution in [0.15, 0.2) is 22.4 Å². The molecule has 0 unspecified atom stereocenters. The summed E-state index contributed by atoms with van der Waals surface area (Å²) in [6.07, 6.45) is 3.85. The number of Topliss-reactive ketones (excluding diaryl/α,β-unsaturated/α-hetero) is 1. The molecule has 0 heterocycles. The van der Waals surface area contributed by atoms with E-state index >= 15 is 0 Å². The molecule has 0 amide bonds. The Balaban J connectivity index is 2.78. The van der Waals surface area contributed by atoms with Crippen LogP contribution in [0.4, 0.5) is 0 Å². The van der Waals surface area contributed by atoms with Crippen LogP contribution in [-0.4, -0.2) is 12.9 Å². The van der Waals surface area contributed by atoms with Gasteiger partial charge >= 0.3 is 0 Å². The van der Waals surface area contributed by atoms with Gasteiger partial charge in [0.25, 0.3) is 0 Å². The number of carbonyl (C=O) groups excluding carboxylic acids is 1. The quantitative estimate of drug-likeness (QED) is 0.649. The molecule has 0 aliphatic heterocycles. The number of methoxy groups -OCH3 is 1. The topological polar surface area (TPSA) is 26.3 Å². The Hall–Kier alpha value is -0.570. The normalized spacial score (nSPS) is 18.0. The monoisotopic (exact) mass is 202 g/mol. The third-order valence-corrected chi connectivity index (χ3v) is 1.99. The van der Waals surface area contributed by atoms with Gasteiger partial charge in [-0.25, -0.2) is 0 Å². The average Bonchev–Trinajstić information content (AvgIpc) is 1.95.